The minimum absolute atomic E-state index is 0.0118. The highest BCUT2D eigenvalue weighted by Gasteiger charge is 2.63. The molecule has 0 radical (unpaired) electrons. The van der Waals surface area contributed by atoms with Crippen LogP contribution in [0.25, 0.3) is 10.2 Å². The smallest absolute Gasteiger partial charge is 0.408 e. The van der Waals surface area contributed by atoms with Gasteiger partial charge in [0.2, 0.25) is 21.8 Å². The molecular formula is C35H47N5O9S2. The fourth-order valence-corrected chi connectivity index (χ4v) is 8.82. The Morgan fingerprint density at radius 1 is 1.14 bits per heavy atom. The maximum atomic E-state index is 14.4. The van der Waals surface area contributed by atoms with Crippen LogP contribution in [0.4, 0.5) is 4.79 Å². The van der Waals surface area contributed by atoms with E-state index in [0.717, 1.165) is 17.5 Å². The van der Waals surface area contributed by atoms with Crippen molar-refractivity contribution in [1.29, 1.82) is 0 Å². The van der Waals surface area contributed by atoms with E-state index >= 15 is 0 Å². The van der Waals surface area contributed by atoms with Gasteiger partial charge in [-0.15, -0.1) is 0 Å². The van der Waals surface area contributed by atoms with Gasteiger partial charge in [0.1, 0.15) is 35.1 Å². The monoisotopic (exact) mass is 745 g/mol. The number of carbonyl (C=O) groups is 4. The Hall–Kier alpha value is -3.92. The molecule has 51 heavy (non-hydrogen) atoms. The first-order valence-corrected chi connectivity index (χ1v) is 19.8. The number of fused-ring (bicyclic) bond motifs is 3. The van der Waals surface area contributed by atoms with E-state index in [1.807, 2.05) is 24.3 Å². The standard InChI is InChI=1S/C35H47N5O9S2/c1-33(2,3)49-31(44)36-25-12-10-8-6-7-9-11-21-19-35(21,30(43)39-51(45,46)34(4)15-16-34)38-28(41)26-17-23(20-40(26)29(25)42)48-32-37-24-14-13-22(47-5)18-27(24)50-32/h9,11,13-14,18,21,23,25-26H,6-8,10,12,15-17,19-20H2,1-5H3,(H,36,44)(H,38,41)(H,39,43)/b11-9-/t21-,23-,25+,26+,35-/m1/s1. The summed E-state index contributed by atoms with van der Waals surface area (Å²) >= 11 is 1.30. The summed E-state index contributed by atoms with van der Waals surface area (Å²) in [5.74, 6) is -1.64. The van der Waals surface area contributed by atoms with Crippen molar-refractivity contribution in [3.8, 4) is 10.9 Å². The number of aromatic nitrogens is 1. The number of nitrogens with one attached hydrogen (secondary N) is 3. The first-order valence-electron chi connectivity index (χ1n) is 17.5. The summed E-state index contributed by atoms with van der Waals surface area (Å²) < 4.78 is 45.3. The van der Waals surface area contributed by atoms with Crippen molar-refractivity contribution < 1.29 is 41.8 Å². The maximum Gasteiger partial charge on any atom is 0.408 e. The van der Waals surface area contributed by atoms with Crippen molar-refractivity contribution in [2.75, 3.05) is 13.7 Å². The number of ether oxygens (including phenoxy) is 3. The van der Waals surface area contributed by atoms with Crippen LogP contribution in [0, 0.1) is 5.92 Å². The van der Waals surface area contributed by atoms with Gasteiger partial charge in [-0.25, -0.2) is 18.2 Å². The minimum atomic E-state index is -3.97. The number of thiazole rings is 1. The molecule has 3 heterocycles. The van der Waals surface area contributed by atoms with Gasteiger partial charge in [0, 0.05) is 12.3 Å². The summed E-state index contributed by atoms with van der Waals surface area (Å²) in [5.41, 5.74) is -1.59. The molecule has 0 spiro atoms. The number of methoxy groups -OCH3 is 1. The number of carbonyl (C=O) groups excluding carboxylic acids is 4. The van der Waals surface area contributed by atoms with Crippen LogP contribution in [0.3, 0.4) is 0 Å². The van der Waals surface area contributed by atoms with Crippen LogP contribution in [-0.2, 0) is 29.1 Å². The molecular weight excluding hydrogens is 699 g/mol. The zero-order valence-electron chi connectivity index (χ0n) is 29.7. The number of allylic oxidation sites excluding steroid dienone is 1. The van der Waals surface area contributed by atoms with Gasteiger partial charge in [0.15, 0.2) is 0 Å². The summed E-state index contributed by atoms with van der Waals surface area (Å²) in [7, 11) is -2.40. The molecule has 1 aromatic heterocycles. The number of hydrogen-bond acceptors (Lipinski definition) is 11. The van der Waals surface area contributed by atoms with Crippen LogP contribution >= 0.6 is 11.3 Å². The molecule has 2 saturated carbocycles. The number of hydrogen-bond donors (Lipinski definition) is 3. The number of amides is 4. The zero-order valence-corrected chi connectivity index (χ0v) is 31.3. The topological polar surface area (TPSA) is 182 Å². The first kappa shape index (κ1) is 36.9. The van der Waals surface area contributed by atoms with Gasteiger partial charge in [0.25, 0.3) is 11.1 Å². The number of alkyl carbamates (subject to hydrolysis) is 1. The molecule has 278 valence electrons. The highest BCUT2D eigenvalue weighted by molar-refractivity contribution is 7.91. The van der Waals surface area contributed by atoms with Crippen LogP contribution in [0.5, 0.6) is 10.9 Å². The minimum Gasteiger partial charge on any atom is -0.497 e. The number of rotatable bonds is 7. The average Bonchev–Trinajstić information content (AvgIpc) is 3.86. The second-order valence-electron chi connectivity index (χ2n) is 15.2. The van der Waals surface area contributed by atoms with Crippen molar-refractivity contribution in [2.24, 2.45) is 5.92 Å². The van der Waals surface area contributed by atoms with E-state index < -0.39 is 73.8 Å². The molecule has 16 heteroatoms. The normalized spacial score (nSPS) is 28.6. The molecule has 0 unspecified atom stereocenters. The summed E-state index contributed by atoms with van der Waals surface area (Å²) in [6.45, 7) is 6.79. The van der Waals surface area contributed by atoms with Gasteiger partial charge < -0.3 is 29.7 Å². The Morgan fingerprint density at radius 2 is 1.90 bits per heavy atom. The summed E-state index contributed by atoms with van der Waals surface area (Å²) in [6, 6.07) is 3.38. The van der Waals surface area contributed by atoms with Crippen LogP contribution in [-0.4, -0.2) is 89.8 Å². The fraction of sp³-hybridized carbons (Fsp3) is 0.629. The number of nitrogens with zero attached hydrogens (tertiary/aromatic N) is 2. The highest BCUT2D eigenvalue weighted by atomic mass is 32.2. The van der Waals surface area contributed by atoms with Crippen molar-refractivity contribution in [2.45, 2.75) is 120 Å². The summed E-state index contributed by atoms with van der Waals surface area (Å²) in [5, 5.41) is 5.96. The van der Waals surface area contributed by atoms with Gasteiger partial charge in [-0.05, 0) is 84.4 Å². The third-order valence-electron chi connectivity index (χ3n) is 10.0. The van der Waals surface area contributed by atoms with Crippen molar-refractivity contribution in [3.63, 3.8) is 0 Å². The lowest BCUT2D eigenvalue weighted by Gasteiger charge is -2.30. The predicted octanol–water partition coefficient (Wildman–Crippen LogP) is 3.94. The van der Waals surface area contributed by atoms with Crippen LogP contribution in [0.15, 0.2) is 30.4 Å². The third-order valence-corrected chi connectivity index (χ3v) is 13.1. The molecule has 0 bridgehead atoms. The van der Waals surface area contributed by atoms with E-state index in [9.17, 15) is 27.6 Å². The van der Waals surface area contributed by atoms with E-state index in [1.165, 1.54) is 16.2 Å². The predicted molar refractivity (Wildman–Crippen MR) is 190 cm³/mol. The van der Waals surface area contributed by atoms with Crippen LogP contribution in [0.1, 0.15) is 85.5 Å². The van der Waals surface area contributed by atoms with Crippen molar-refractivity contribution in [3.05, 3.63) is 30.4 Å². The van der Waals surface area contributed by atoms with Gasteiger partial charge >= 0.3 is 6.09 Å². The van der Waals surface area contributed by atoms with Crippen LogP contribution in [0.2, 0.25) is 0 Å². The van der Waals surface area contributed by atoms with Gasteiger partial charge in [0.05, 0.1) is 28.6 Å². The lowest BCUT2D eigenvalue weighted by Crippen LogP contribution is -2.58. The molecule has 3 N–H and O–H groups in total. The quantitative estimate of drug-likeness (QED) is 0.351. The zero-order chi connectivity index (χ0) is 36.8. The van der Waals surface area contributed by atoms with E-state index in [0.29, 0.717) is 48.6 Å². The highest BCUT2D eigenvalue weighted by Crippen LogP contribution is 2.47. The third kappa shape index (κ3) is 8.11. The summed E-state index contributed by atoms with van der Waals surface area (Å²) in [6.07, 6.45) is 6.81. The Labute approximate surface area is 302 Å². The molecule has 2 aromatic rings. The Morgan fingerprint density at radius 3 is 2.61 bits per heavy atom. The average molecular weight is 746 g/mol. The largest absolute Gasteiger partial charge is 0.497 e. The van der Waals surface area contributed by atoms with Crippen molar-refractivity contribution in [1.82, 2.24) is 25.2 Å². The SMILES string of the molecule is COc1ccc2nc(O[C@@H]3C[C@H]4C(=O)N[C@]5(C(=O)NS(=O)(=O)C6(C)CC6)C[C@H]5/C=C\CCCCC[C@H](NC(=O)OC(C)(C)C)C(=O)N4C3)sc2c1. The maximum absolute atomic E-state index is 14.4. The van der Waals surface area contributed by atoms with Crippen molar-refractivity contribution >= 4 is 55.4 Å². The van der Waals surface area contributed by atoms with E-state index in [1.54, 1.807) is 40.9 Å². The molecule has 4 aliphatic rings. The van der Waals surface area contributed by atoms with Gasteiger partial charge in [-0.1, -0.05) is 36.3 Å². The summed E-state index contributed by atoms with van der Waals surface area (Å²) in [4.78, 5) is 61.3. The fourth-order valence-electron chi connectivity index (χ4n) is 6.60. The molecule has 2 aliphatic heterocycles. The second kappa shape index (κ2) is 13.9. The Balaban J connectivity index is 1.29. The van der Waals surface area contributed by atoms with Crippen LogP contribution < -0.4 is 24.8 Å². The number of sulfonamides is 1. The molecule has 14 nitrogen and oxygen atoms in total. The lowest BCUT2D eigenvalue weighted by molar-refractivity contribution is -0.141. The molecule has 1 saturated heterocycles. The Bertz CT molecular complexity index is 1830. The molecule has 3 fully saturated rings. The lowest BCUT2D eigenvalue weighted by atomic mass is 10.0. The van der Waals surface area contributed by atoms with Gasteiger partial charge in [-0.2, -0.15) is 0 Å². The van der Waals surface area contributed by atoms with E-state index in [4.69, 9.17) is 14.2 Å². The molecule has 5 atom stereocenters. The van der Waals surface area contributed by atoms with E-state index in [-0.39, 0.29) is 19.4 Å². The molecule has 4 amide bonds. The van der Waals surface area contributed by atoms with Gasteiger partial charge in [-0.3, -0.25) is 19.1 Å². The Kier molecular flexibility index (Phi) is 10.0. The van der Waals surface area contributed by atoms with E-state index in [2.05, 4.69) is 20.3 Å². The molecule has 2 aliphatic carbocycles. The molecule has 1 aromatic carbocycles. The second-order valence-corrected chi connectivity index (χ2v) is 18.4. The number of benzene rings is 1. The molecule has 6 rings (SSSR count). The first-order chi connectivity index (χ1) is 24.0.